The van der Waals surface area contributed by atoms with Crippen molar-refractivity contribution in [2.45, 2.75) is 46.0 Å². The smallest absolute Gasteiger partial charge is 0.119 e. The van der Waals surface area contributed by atoms with Crippen LogP contribution >= 0.6 is 0 Å². The van der Waals surface area contributed by atoms with Gasteiger partial charge in [0.1, 0.15) is 5.75 Å². The summed E-state index contributed by atoms with van der Waals surface area (Å²) in [4.78, 5) is 0. The molecule has 0 aliphatic carbocycles. The van der Waals surface area contributed by atoms with E-state index < -0.39 is 0 Å². The van der Waals surface area contributed by atoms with E-state index in [2.05, 4.69) is 45.0 Å². The van der Waals surface area contributed by atoms with E-state index in [1.54, 1.807) is 0 Å². The van der Waals surface area contributed by atoms with E-state index in [1.807, 2.05) is 0 Å². The van der Waals surface area contributed by atoms with Gasteiger partial charge in [0, 0.05) is 0 Å². The maximum absolute atomic E-state index is 5.80. The Labute approximate surface area is 130 Å². The highest BCUT2D eigenvalue weighted by Gasteiger charge is 2.21. The van der Waals surface area contributed by atoms with Crippen molar-refractivity contribution in [3.05, 3.63) is 29.8 Å². The average molecular weight is 292 g/mol. The van der Waals surface area contributed by atoms with Gasteiger partial charge >= 0.3 is 0 Å². The lowest BCUT2D eigenvalue weighted by Gasteiger charge is -2.27. The third-order valence-corrected chi connectivity index (χ3v) is 4.56. The zero-order valence-corrected chi connectivity index (χ0v) is 13.8. The Morgan fingerprint density at radius 2 is 1.62 bits per heavy atom. The van der Waals surface area contributed by atoms with Crippen molar-refractivity contribution in [2.75, 3.05) is 19.7 Å². The summed E-state index contributed by atoms with van der Waals surface area (Å²) in [5.41, 5.74) is 12.9. The van der Waals surface area contributed by atoms with Crippen LogP contribution in [0.15, 0.2) is 24.3 Å². The highest BCUT2D eigenvalue weighted by Crippen LogP contribution is 2.30. The predicted octanol–water partition coefficient (Wildman–Crippen LogP) is 3.53. The van der Waals surface area contributed by atoms with Crippen LogP contribution in [0.4, 0.5) is 0 Å². The predicted molar refractivity (Wildman–Crippen MR) is 90.6 cm³/mol. The summed E-state index contributed by atoms with van der Waals surface area (Å²) < 4.78 is 5.75. The lowest BCUT2D eigenvalue weighted by atomic mass is 9.80. The first-order valence-electron chi connectivity index (χ1n) is 8.26. The number of hydrogen-bond acceptors (Lipinski definition) is 3. The number of benzene rings is 1. The van der Waals surface area contributed by atoms with Gasteiger partial charge in [0.15, 0.2) is 0 Å². The van der Waals surface area contributed by atoms with E-state index in [-0.39, 0.29) is 0 Å². The van der Waals surface area contributed by atoms with Crippen LogP contribution < -0.4 is 16.2 Å². The van der Waals surface area contributed by atoms with Crippen molar-refractivity contribution in [2.24, 2.45) is 23.3 Å². The summed E-state index contributed by atoms with van der Waals surface area (Å²) in [7, 11) is 0. The van der Waals surface area contributed by atoms with Crippen molar-refractivity contribution in [3.8, 4) is 5.75 Å². The van der Waals surface area contributed by atoms with Gasteiger partial charge in [-0.05, 0) is 55.0 Å². The summed E-state index contributed by atoms with van der Waals surface area (Å²) >= 11 is 0. The van der Waals surface area contributed by atoms with Crippen molar-refractivity contribution < 1.29 is 4.74 Å². The topological polar surface area (TPSA) is 61.3 Å². The highest BCUT2D eigenvalue weighted by atomic mass is 16.5. The largest absolute Gasteiger partial charge is 0.494 e. The Hall–Kier alpha value is -1.06. The Morgan fingerprint density at radius 1 is 1.00 bits per heavy atom. The molecule has 1 aromatic rings. The fraction of sp³-hybridized carbons (Fsp3) is 0.667. The third kappa shape index (κ3) is 5.68. The first kappa shape index (κ1) is 18.0. The Kier molecular flexibility index (Phi) is 8.40. The van der Waals surface area contributed by atoms with E-state index in [9.17, 15) is 0 Å². The average Bonchev–Trinajstić information content (AvgIpc) is 2.52. The minimum Gasteiger partial charge on any atom is -0.494 e. The second-order valence-electron chi connectivity index (χ2n) is 6.00. The fourth-order valence-electron chi connectivity index (χ4n) is 2.65. The summed E-state index contributed by atoms with van der Waals surface area (Å²) in [6, 6.07) is 8.48. The van der Waals surface area contributed by atoms with Crippen molar-refractivity contribution in [1.29, 1.82) is 0 Å². The lowest BCUT2D eigenvalue weighted by Crippen LogP contribution is -2.31. The van der Waals surface area contributed by atoms with E-state index in [4.69, 9.17) is 16.2 Å². The van der Waals surface area contributed by atoms with E-state index >= 15 is 0 Å². The van der Waals surface area contributed by atoms with Gasteiger partial charge in [-0.25, -0.2) is 0 Å². The number of ether oxygens (including phenoxy) is 1. The van der Waals surface area contributed by atoms with Gasteiger partial charge in [0.2, 0.25) is 0 Å². The Balaban J connectivity index is 2.56. The van der Waals surface area contributed by atoms with Crippen LogP contribution in [0.1, 0.15) is 51.5 Å². The van der Waals surface area contributed by atoms with Gasteiger partial charge in [-0.2, -0.15) is 0 Å². The van der Waals surface area contributed by atoms with Crippen LogP contribution in [0.25, 0.3) is 0 Å². The molecule has 0 spiro atoms. The van der Waals surface area contributed by atoms with Gasteiger partial charge < -0.3 is 16.2 Å². The summed E-state index contributed by atoms with van der Waals surface area (Å²) in [6.07, 6.45) is 3.58. The number of nitrogens with two attached hydrogens (primary N) is 2. The van der Waals surface area contributed by atoms with E-state index in [0.29, 0.717) is 30.8 Å². The molecule has 0 aliphatic rings. The standard InChI is InChI=1S/C18H32N2O/c1-4-5-6-11-21-18-9-7-16(8-10-18)14(2)15(3)17(12-19)13-20/h7-10,14-15,17H,4-6,11-13,19-20H2,1-3H3. The maximum Gasteiger partial charge on any atom is 0.119 e. The third-order valence-electron chi connectivity index (χ3n) is 4.56. The lowest BCUT2D eigenvalue weighted by molar-refractivity contribution is 0.305. The summed E-state index contributed by atoms with van der Waals surface area (Å²) in [5.74, 6) is 2.28. The van der Waals surface area contributed by atoms with E-state index in [0.717, 1.165) is 18.8 Å². The quantitative estimate of drug-likeness (QED) is 0.649. The molecule has 0 saturated heterocycles. The number of hydrogen-bond donors (Lipinski definition) is 2. The first-order valence-corrected chi connectivity index (χ1v) is 8.26. The molecule has 0 aliphatic heterocycles. The molecule has 3 nitrogen and oxygen atoms in total. The molecule has 0 saturated carbocycles. The second-order valence-corrected chi connectivity index (χ2v) is 6.00. The normalized spacial score (nSPS) is 14.2. The first-order chi connectivity index (χ1) is 10.1. The molecular formula is C18H32N2O. The van der Waals surface area contributed by atoms with Crippen molar-refractivity contribution in [3.63, 3.8) is 0 Å². The summed E-state index contributed by atoms with van der Waals surface area (Å²) in [6.45, 7) is 8.81. The summed E-state index contributed by atoms with van der Waals surface area (Å²) in [5, 5.41) is 0. The molecule has 1 aromatic carbocycles. The molecule has 0 heterocycles. The molecule has 1 rings (SSSR count). The molecular weight excluding hydrogens is 260 g/mol. The van der Waals surface area contributed by atoms with E-state index in [1.165, 1.54) is 18.4 Å². The van der Waals surface area contributed by atoms with Gasteiger partial charge in [0.05, 0.1) is 6.61 Å². The molecule has 120 valence electrons. The van der Waals surface area contributed by atoms with Crippen LogP contribution in [0.3, 0.4) is 0 Å². The second kappa shape index (κ2) is 9.80. The molecule has 21 heavy (non-hydrogen) atoms. The minimum absolute atomic E-state index is 0.380. The molecule has 4 N–H and O–H groups in total. The molecule has 0 aromatic heterocycles. The number of rotatable bonds is 10. The molecule has 2 unspecified atom stereocenters. The maximum atomic E-state index is 5.80. The Bertz CT molecular complexity index is 373. The van der Waals surface area contributed by atoms with Crippen molar-refractivity contribution >= 4 is 0 Å². The fourth-order valence-corrected chi connectivity index (χ4v) is 2.65. The van der Waals surface area contributed by atoms with Crippen LogP contribution in [0.5, 0.6) is 5.75 Å². The van der Waals surface area contributed by atoms with Crippen LogP contribution in [-0.2, 0) is 0 Å². The van der Waals surface area contributed by atoms with Crippen LogP contribution in [0, 0.1) is 11.8 Å². The van der Waals surface area contributed by atoms with Gasteiger partial charge in [-0.15, -0.1) is 0 Å². The van der Waals surface area contributed by atoms with Crippen LogP contribution in [-0.4, -0.2) is 19.7 Å². The van der Waals surface area contributed by atoms with Gasteiger partial charge in [0.25, 0.3) is 0 Å². The van der Waals surface area contributed by atoms with Gasteiger partial charge in [-0.3, -0.25) is 0 Å². The minimum atomic E-state index is 0.380. The molecule has 0 amide bonds. The Morgan fingerprint density at radius 3 is 2.14 bits per heavy atom. The van der Waals surface area contributed by atoms with Crippen LogP contribution in [0.2, 0.25) is 0 Å². The van der Waals surface area contributed by atoms with Crippen molar-refractivity contribution in [1.82, 2.24) is 0 Å². The number of unbranched alkanes of at least 4 members (excludes halogenated alkanes) is 2. The molecule has 3 heteroatoms. The highest BCUT2D eigenvalue weighted by molar-refractivity contribution is 5.29. The molecule has 2 atom stereocenters. The zero-order valence-electron chi connectivity index (χ0n) is 13.8. The molecule has 0 fully saturated rings. The van der Waals surface area contributed by atoms with Gasteiger partial charge in [-0.1, -0.05) is 45.7 Å². The zero-order chi connectivity index (χ0) is 15.7. The SMILES string of the molecule is CCCCCOc1ccc(C(C)C(C)C(CN)CN)cc1. The monoisotopic (exact) mass is 292 g/mol. The molecule has 0 bridgehead atoms. The molecule has 0 radical (unpaired) electrons.